The lowest BCUT2D eigenvalue weighted by Crippen LogP contribution is -2.49. The number of fused-ring (bicyclic) bond motifs is 1. The maximum atomic E-state index is 13.1. The zero-order valence-corrected chi connectivity index (χ0v) is 14.7. The maximum Gasteiger partial charge on any atom is 0.254 e. The smallest absolute Gasteiger partial charge is 0.254 e. The minimum atomic E-state index is 0.304. The molecule has 1 aromatic rings. The molecule has 2 saturated heterocycles. The summed E-state index contributed by atoms with van der Waals surface area (Å²) in [5.41, 5.74) is 0.953. The Bertz CT molecular complexity index is 547. The second-order valence-electron chi connectivity index (χ2n) is 7.51. The Morgan fingerprint density at radius 1 is 1.09 bits per heavy atom. The molecule has 1 aromatic heterocycles. The van der Waals surface area contributed by atoms with Crippen LogP contribution >= 0.6 is 11.3 Å². The van der Waals surface area contributed by atoms with E-state index in [1.165, 1.54) is 56.2 Å². The van der Waals surface area contributed by atoms with Crippen LogP contribution in [0.5, 0.6) is 0 Å². The average molecular weight is 333 g/mol. The largest absolute Gasteiger partial charge is 0.335 e. The van der Waals surface area contributed by atoms with E-state index >= 15 is 0 Å². The Balaban J connectivity index is 1.48. The number of likely N-dealkylation sites (tertiary alicyclic amines) is 1. The van der Waals surface area contributed by atoms with Gasteiger partial charge in [0.2, 0.25) is 0 Å². The third-order valence-electron chi connectivity index (χ3n) is 6.11. The Morgan fingerprint density at radius 3 is 2.74 bits per heavy atom. The van der Waals surface area contributed by atoms with Crippen LogP contribution in [0.3, 0.4) is 0 Å². The molecule has 3 heterocycles. The van der Waals surface area contributed by atoms with Crippen LogP contribution in [0.2, 0.25) is 0 Å². The highest BCUT2D eigenvalue weighted by Gasteiger charge is 2.36. The van der Waals surface area contributed by atoms with Gasteiger partial charge in [-0.2, -0.15) is 0 Å². The van der Waals surface area contributed by atoms with Crippen molar-refractivity contribution in [2.75, 3.05) is 19.6 Å². The van der Waals surface area contributed by atoms with Crippen LogP contribution in [-0.4, -0.2) is 36.5 Å². The number of hydrogen-bond donors (Lipinski definition) is 1. The van der Waals surface area contributed by atoms with Crippen molar-refractivity contribution < 1.29 is 4.79 Å². The van der Waals surface area contributed by atoms with Crippen LogP contribution in [0.4, 0.5) is 0 Å². The van der Waals surface area contributed by atoms with Crippen LogP contribution in [0.1, 0.15) is 72.5 Å². The number of piperidine rings is 2. The van der Waals surface area contributed by atoms with Gasteiger partial charge in [-0.15, -0.1) is 11.3 Å². The van der Waals surface area contributed by atoms with Crippen molar-refractivity contribution in [1.29, 1.82) is 0 Å². The van der Waals surface area contributed by atoms with E-state index < -0.39 is 0 Å². The van der Waals surface area contributed by atoms with Gasteiger partial charge in [0.1, 0.15) is 0 Å². The van der Waals surface area contributed by atoms with Crippen molar-refractivity contribution in [2.45, 2.75) is 63.3 Å². The van der Waals surface area contributed by atoms with E-state index in [1.54, 1.807) is 11.3 Å². The van der Waals surface area contributed by atoms with Crippen LogP contribution < -0.4 is 5.32 Å². The summed E-state index contributed by atoms with van der Waals surface area (Å²) in [5.74, 6) is 1.73. The lowest BCUT2D eigenvalue weighted by atomic mass is 9.78. The molecule has 2 unspecified atom stereocenters. The summed E-state index contributed by atoms with van der Waals surface area (Å²) in [6.07, 6.45) is 10.2. The van der Waals surface area contributed by atoms with Crippen molar-refractivity contribution in [1.82, 2.24) is 10.2 Å². The van der Waals surface area contributed by atoms with Crippen LogP contribution in [-0.2, 0) is 0 Å². The lowest BCUT2D eigenvalue weighted by molar-refractivity contribution is 0.0391. The molecule has 0 spiro atoms. The van der Waals surface area contributed by atoms with Gasteiger partial charge in [-0.3, -0.25) is 4.79 Å². The van der Waals surface area contributed by atoms with Gasteiger partial charge in [-0.25, -0.2) is 0 Å². The minimum absolute atomic E-state index is 0.304. The molecule has 1 aliphatic carbocycles. The highest BCUT2D eigenvalue weighted by molar-refractivity contribution is 7.10. The molecule has 0 radical (unpaired) electrons. The number of hydrogen-bond acceptors (Lipinski definition) is 3. The average Bonchev–Trinajstić information content (AvgIpc) is 3.11. The van der Waals surface area contributed by atoms with E-state index in [-0.39, 0.29) is 0 Å². The van der Waals surface area contributed by atoms with Gasteiger partial charge in [-0.05, 0) is 69.5 Å². The lowest BCUT2D eigenvalue weighted by Gasteiger charge is -2.44. The molecule has 3 aliphatic rings. The molecule has 4 rings (SSSR count). The molecule has 1 N–H and O–H groups in total. The van der Waals surface area contributed by atoms with E-state index in [4.69, 9.17) is 0 Å². The molecule has 3 nitrogen and oxygen atoms in total. The number of amides is 1. The Morgan fingerprint density at radius 2 is 1.87 bits per heavy atom. The van der Waals surface area contributed by atoms with Gasteiger partial charge < -0.3 is 10.2 Å². The van der Waals surface area contributed by atoms with E-state index in [2.05, 4.69) is 21.7 Å². The number of nitrogens with zero attached hydrogens (tertiary/aromatic N) is 1. The van der Waals surface area contributed by atoms with Gasteiger partial charge >= 0.3 is 0 Å². The first-order valence-corrected chi connectivity index (χ1v) is 10.3. The molecular weight excluding hydrogens is 304 g/mol. The number of carbonyl (C=O) groups excluding carboxylic acids is 1. The third kappa shape index (κ3) is 3.20. The topological polar surface area (TPSA) is 32.3 Å². The molecule has 2 atom stereocenters. The number of rotatable bonds is 2. The summed E-state index contributed by atoms with van der Waals surface area (Å²) in [6, 6.07) is 2.72. The molecule has 0 bridgehead atoms. The normalized spacial score (nSPS) is 29.3. The summed E-state index contributed by atoms with van der Waals surface area (Å²) < 4.78 is 0. The number of thiophene rings is 1. The Labute approximate surface area is 143 Å². The fourth-order valence-corrected chi connectivity index (χ4v) is 5.88. The Kier molecular flexibility index (Phi) is 4.72. The van der Waals surface area contributed by atoms with E-state index in [0.717, 1.165) is 31.1 Å². The highest BCUT2D eigenvalue weighted by atomic mass is 32.1. The van der Waals surface area contributed by atoms with E-state index in [1.807, 2.05) is 0 Å². The summed E-state index contributed by atoms with van der Waals surface area (Å²) in [7, 11) is 0. The van der Waals surface area contributed by atoms with Gasteiger partial charge in [-0.1, -0.05) is 12.8 Å². The SMILES string of the molecule is O=C(c1csc(C2CCNCC2)c1)N1CCCC2CCCCC21. The van der Waals surface area contributed by atoms with Gasteiger partial charge in [0.25, 0.3) is 5.91 Å². The van der Waals surface area contributed by atoms with Gasteiger partial charge in [0, 0.05) is 22.8 Å². The van der Waals surface area contributed by atoms with E-state index in [9.17, 15) is 4.79 Å². The third-order valence-corrected chi connectivity index (χ3v) is 7.21. The van der Waals surface area contributed by atoms with Crippen molar-refractivity contribution in [3.8, 4) is 0 Å². The molecule has 126 valence electrons. The van der Waals surface area contributed by atoms with Crippen LogP contribution in [0, 0.1) is 5.92 Å². The molecule has 23 heavy (non-hydrogen) atoms. The van der Waals surface area contributed by atoms with E-state index in [0.29, 0.717) is 17.9 Å². The molecule has 4 heteroatoms. The fourth-order valence-electron chi connectivity index (χ4n) is 4.83. The van der Waals surface area contributed by atoms with Crippen molar-refractivity contribution >= 4 is 17.2 Å². The summed E-state index contributed by atoms with van der Waals surface area (Å²) in [4.78, 5) is 16.7. The summed E-state index contributed by atoms with van der Waals surface area (Å²) >= 11 is 1.80. The molecule has 2 aliphatic heterocycles. The number of nitrogens with one attached hydrogen (secondary N) is 1. The molecular formula is C19H28N2OS. The minimum Gasteiger partial charge on any atom is -0.335 e. The Hall–Kier alpha value is -0.870. The first kappa shape index (κ1) is 15.6. The fraction of sp³-hybridized carbons (Fsp3) is 0.737. The first-order chi connectivity index (χ1) is 11.3. The zero-order valence-electron chi connectivity index (χ0n) is 13.9. The monoisotopic (exact) mass is 332 g/mol. The zero-order chi connectivity index (χ0) is 15.6. The molecule has 1 saturated carbocycles. The second-order valence-corrected chi connectivity index (χ2v) is 8.46. The molecule has 1 amide bonds. The van der Waals surface area contributed by atoms with Gasteiger partial charge in [0.05, 0.1) is 5.56 Å². The second kappa shape index (κ2) is 6.94. The quantitative estimate of drug-likeness (QED) is 0.887. The van der Waals surface area contributed by atoms with Crippen molar-refractivity contribution in [3.63, 3.8) is 0 Å². The standard InChI is InChI=1S/C19H28N2OS/c22-19(21-11-3-5-14-4-1-2-6-17(14)21)16-12-18(23-13-16)15-7-9-20-10-8-15/h12-15,17,20H,1-11H2. The summed E-state index contributed by atoms with van der Waals surface area (Å²) in [5, 5.41) is 5.54. The van der Waals surface area contributed by atoms with Gasteiger partial charge in [0.15, 0.2) is 0 Å². The summed E-state index contributed by atoms with van der Waals surface area (Å²) in [6.45, 7) is 3.20. The first-order valence-electron chi connectivity index (χ1n) is 9.43. The van der Waals surface area contributed by atoms with Crippen molar-refractivity contribution in [3.05, 3.63) is 21.9 Å². The molecule has 0 aromatic carbocycles. The van der Waals surface area contributed by atoms with Crippen LogP contribution in [0.25, 0.3) is 0 Å². The predicted octanol–water partition coefficient (Wildman–Crippen LogP) is 4.01. The maximum absolute atomic E-state index is 13.1. The van der Waals surface area contributed by atoms with Crippen LogP contribution in [0.15, 0.2) is 11.4 Å². The molecule has 3 fully saturated rings. The van der Waals surface area contributed by atoms with Crippen molar-refractivity contribution in [2.24, 2.45) is 5.92 Å². The highest BCUT2D eigenvalue weighted by Crippen LogP contribution is 2.37. The number of carbonyl (C=O) groups is 1. The predicted molar refractivity (Wildman–Crippen MR) is 95.2 cm³/mol.